The van der Waals surface area contributed by atoms with E-state index >= 15 is 0 Å². The topological polar surface area (TPSA) is 18.5 Å². The Morgan fingerprint density at radius 3 is 1.94 bits per heavy atom. The summed E-state index contributed by atoms with van der Waals surface area (Å²) < 4.78 is 11.5. The van der Waals surface area contributed by atoms with E-state index in [4.69, 9.17) is 9.47 Å². The van der Waals surface area contributed by atoms with Gasteiger partial charge in [0.15, 0.2) is 0 Å². The van der Waals surface area contributed by atoms with Gasteiger partial charge in [-0.3, -0.25) is 0 Å². The van der Waals surface area contributed by atoms with Gasteiger partial charge in [0.1, 0.15) is 11.5 Å². The van der Waals surface area contributed by atoms with E-state index in [0.717, 1.165) is 11.5 Å². The third kappa shape index (κ3) is 2.72. The van der Waals surface area contributed by atoms with Gasteiger partial charge in [0.2, 0.25) is 0 Å². The van der Waals surface area contributed by atoms with E-state index < -0.39 is 0 Å². The van der Waals surface area contributed by atoms with Crippen LogP contribution in [0.2, 0.25) is 0 Å². The molecule has 88 valence electrons. The lowest BCUT2D eigenvalue weighted by molar-refractivity contribution is 0.414. The molecule has 0 fully saturated rings. The van der Waals surface area contributed by atoms with Gasteiger partial charge in [-0.2, -0.15) is 0 Å². The van der Waals surface area contributed by atoms with Gasteiger partial charge < -0.3 is 9.47 Å². The molecule has 3 heteroatoms. The number of benzene rings is 2. The molecule has 2 aromatic rings. The molecular formula is C14H13IO2. The lowest BCUT2D eigenvalue weighted by Crippen LogP contribution is -1.87. The van der Waals surface area contributed by atoms with Crippen LogP contribution in [-0.4, -0.2) is 14.2 Å². The van der Waals surface area contributed by atoms with Gasteiger partial charge in [0.05, 0.1) is 14.2 Å². The van der Waals surface area contributed by atoms with Crippen molar-refractivity contribution in [1.29, 1.82) is 0 Å². The predicted molar refractivity (Wildman–Crippen MR) is 77.7 cm³/mol. The molecule has 17 heavy (non-hydrogen) atoms. The second kappa shape index (κ2) is 5.40. The van der Waals surface area contributed by atoms with Gasteiger partial charge in [-0.05, 0) is 64.0 Å². The summed E-state index contributed by atoms with van der Waals surface area (Å²) in [6.07, 6.45) is 0. The molecule has 0 bridgehead atoms. The molecule has 0 N–H and O–H groups in total. The number of methoxy groups -OCH3 is 2. The Morgan fingerprint density at radius 1 is 0.824 bits per heavy atom. The van der Waals surface area contributed by atoms with Crippen LogP contribution in [0.15, 0.2) is 42.5 Å². The van der Waals surface area contributed by atoms with Crippen LogP contribution >= 0.6 is 22.6 Å². The normalized spacial score (nSPS) is 10.1. The van der Waals surface area contributed by atoms with Gasteiger partial charge in [-0.15, -0.1) is 0 Å². The number of halogens is 1. The third-order valence-electron chi connectivity index (χ3n) is 2.58. The first kappa shape index (κ1) is 12.2. The van der Waals surface area contributed by atoms with Crippen molar-refractivity contribution < 1.29 is 9.47 Å². The Kier molecular flexibility index (Phi) is 3.89. The lowest BCUT2D eigenvalue weighted by Gasteiger charge is -2.08. The van der Waals surface area contributed by atoms with Gasteiger partial charge in [-0.1, -0.05) is 12.1 Å². The fourth-order valence-corrected chi connectivity index (χ4v) is 2.43. The van der Waals surface area contributed by atoms with Crippen LogP contribution in [0.25, 0.3) is 11.1 Å². The zero-order valence-electron chi connectivity index (χ0n) is 9.74. The van der Waals surface area contributed by atoms with E-state index in [2.05, 4.69) is 40.8 Å². The highest BCUT2D eigenvalue weighted by molar-refractivity contribution is 14.1. The van der Waals surface area contributed by atoms with Gasteiger partial charge >= 0.3 is 0 Å². The highest BCUT2D eigenvalue weighted by Gasteiger charge is 2.04. The third-order valence-corrected chi connectivity index (χ3v) is 3.47. The number of rotatable bonds is 3. The van der Waals surface area contributed by atoms with Crippen LogP contribution in [0, 0.1) is 3.57 Å². The van der Waals surface area contributed by atoms with E-state index in [0.29, 0.717) is 0 Å². The molecule has 0 aromatic heterocycles. The summed E-state index contributed by atoms with van der Waals surface area (Å²) in [4.78, 5) is 0. The quantitative estimate of drug-likeness (QED) is 0.787. The fraction of sp³-hybridized carbons (Fsp3) is 0.143. The van der Waals surface area contributed by atoms with E-state index in [1.54, 1.807) is 14.2 Å². The van der Waals surface area contributed by atoms with Crippen LogP contribution in [0.1, 0.15) is 0 Å². The van der Waals surface area contributed by atoms with E-state index in [-0.39, 0.29) is 0 Å². The molecule has 0 saturated carbocycles. The molecule has 2 aromatic carbocycles. The summed E-state index contributed by atoms with van der Waals surface area (Å²) in [5.41, 5.74) is 2.38. The van der Waals surface area contributed by atoms with Crippen molar-refractivity contribution in [1.82, 2.24) is 0 Å². The summed E-state index contributed by atoms with van der Waals surface area (Å²) >= 11 is 2.32. The highest BCUT2D eigenvalue weighted by Crippen LogP contribution is 2.29. The number of hydrogen-bond donors (Lipinski definition) is 0. The van der Waals surface area contributed by atoms with Crippen molar-refractivity contribution in [3.63, 3.8) is 0 Å². The maximum absolute atomic E-state index is 5.20. The Morgan fingerprint density at radius 2 is 1.41 bits per heavy atom. The minimum Gasteiger partial charge on any atom is -0.497 e. The molecule has 2 nitrogen and oxygen atoms in total. The minimum absolute atomic E-state index is 0.872. The van der Waals surface area contributed by atoms with Crippen molar-refractivity contribution in [2.75, 3.05) is 14.2 Å². The lowest BCUT2D eigenvalue weighted by atomic mass is 10.1. The number of ether oxygens (including phenoxy) is 2. The Balaban J connectivity index is 2.38. The largest absolute Gasteiger partial charge is 0.497 e. The Bertz CT molecular complexity index is 506. The molecule has 0 amide bonds. The van der Waals surface area contributed by atoms with E-state index in [1.807, 2.05) is 24.3 Å². The Labute approximate surface area is 115 Å². The smallest absolute Gasteiger partial charge is 0.119 e. The molecule has 0 aliphatic rings. The zero-order valence-corrected chi connectivity index (χ0v) is 11.9. The van der Waals surface area contributed by atoms with Crippen molar-refractivity contribution in [3.05, 3.63) is 46.0 Å². The summed E-state index contributed by atoms with van der Waals surface area (Å²) in [5, 5.41) is 0. The molecule has 0 heterocycles. The molecule has 0 unspecified atom stereocenters. The second-order valence-electron chi connectivity index (χ2n) is 3.57. The van der Waals surface area contributed by atoms with Gasteiger partial charge in [0, 0.05) is 3.57 Å². The molecule has 0 radical (unpaired) electrons. The molecule has 0 spiro atoms. The highest BCUT2D eigenvalue weighted by atomic mass is 127. The number of hydrogen-bond acceptors (Lipinski definition) is 2. The molecule has 2 rings (SSSR count). The molecular weight excluding hydrogens is 327 g/mol. The van der Waals surface area contributed by atoms with E-state index in [1.165, 1.54) is 14.7 Å². The summed E-state index contributed by atoms with van der Waals surface area (Å²) in [5.74, 6) is 1.75. The second-order valence-corrected chi connectivity index (χ2v) is 4.74. The summed E-state index contributed by atoms with van der Waals surface area (Å²) in [7, 11) is 3.35. The summed E-state index contributed by atoms with van der Waals surface area (Å²) in [6, 6.07) is 14.1. The van der Waals surface area contributed by atoms with Crippen molar-refractivity contribution in [2.45, 2.75) is 0 Å². The zero-order chi connectivity index (χ0) is 12.3. The molecule has 0 saturated heterocycles. The Hall–Kier alpha value is -1.23. The van der Waals surface area contributed by atoms with Crippen molar-refractivity contribution in [3.8, 4) is 22.6 Å². The van der Waals surface area contributed by atoms with Crippen molar-refractivity contribution >= 4 is 22.6 Å². The van der Waals surface area contributed by atoms with Crippen LogP contribution in [-0.2, 0) is 0 Å². The molecule has 0 aliphatic heterocycles. The maximum Gasteiger partial charge on any atom is 0.119 e. The minimum atomic E-state index is 0.872. The maximum atomic E-state index is 5.20. The van der Waals surface area contributed by atoms with Crippen LogP contribution in [0.3, 0.4) is 0 Å². The molecule has 0 aliphatic carbocycles. The van der Waals surface area contributed by atoms with Gasteiger partial charge in [-0.25, -0.2) is 0 Å². The monoisotopic (exact) mass is 340 g/mol. The predicted octanol–water partition coefficient (Wildman–Crippen LogP) is 3.98. The first-order chi connectivity index (χ1) is 8.24. The average Bonchev–Trinajstić information content (AvgIpc) is 2.39. The summed E-state index contributed by atoms with van der Waals surface area (Å²) in [6.45, 7) is 0. The van der Waals surface area contributed by atoms with E-state index in [9.17, 15) is 0 Å². The molecule has 0 atom stereocenters. The first-order valence-corrected chi connectivity index (χ1v) is 6.30. The van der Waals surface area contributed by atoms with Gasteiger partial charge in [0.25, 0.3) is 0 Å². The van der Waals surface area contributed by atoms with Crippen LogP contribution < -0.4 is 9.47 Å². The van der Waals surface area contributed by atoms with Crippen molar-refractivity contribution in [2.24, 2.45) is 0 Å². The standard InChI is InChI=1S/C14H13IO2/c1-16-11-5-3-10(4-6-11)13-8-7-12(17-2)9-14(13)15/h3-9H,1-2H3. The average molecular weight is 340 g/mol. The van der Waals surface area contributed by atoms with Crippen LogP contribution in [0.4, 0.5) is 0 Å². The fourth-order valence-electron chi connectivity index (χ4n) is 1.63. The van der Waals surface area contributed by atoms with Crippen LogP contribution in [0.5, 0.6) is 11.5 Å². The first-order valence-electron chi connectivity index (χ1n) is 5.22. The SMILES string of the molecule is COc1ccc(-c2ccc(OC)cc2I)cc1.